The van der Waals surface area contributed by atoms with Crippen LogP contribution in [0.4, 0.5) is 0 Å². The quantitative estimate of drug-likeness (QED) is 0.210. The van der Waals surface area contributed by atoms with E-state index >= 15 is 0 Å². The summed E-state index contributed by atoms with van der Waals surface area (Å²) in [5.41, 5.74) is 0. The minimum atomic E-state index is -1.15. The standard InChI is InChI=1S/C22H40O8/c1-6-11-14-17(9-4)20(23)27-26-19(16-13-8-3)22(25)29-30-28-21(24)18(10-5)15-12-7-2/h17-19H,6-16H2,1-5H3. The molecule has 0 saturated heterocycles. The highest BCUT2D eigenvalue weighted by Crippen LogP contribution is 2.17. The van der Waals surface area contributed by atoms with Crippen LogP contribution in [0.25, 0.3) is 0 Å². The van der Waals surface area contributed by atoms with Gasteiger partial charge in [0.15, 0.2) is 0 Å². The highest BCUT2D eigenvalue weighted by molar-refractivity contribution is 5.75. The van der Waals surface area contributed by atoms with Crippen LogP contribution in [0.5, 0.6) is 0 Å². The summed E-state index contributed by atoms with van der Waals surface area (Å²) in [6, 6.07) is 0. The smallest absolute Gasteiger partial charge is 0.297 e. The first-order valence-electron chi connectivity index (χ1n) is 11.4. The summed E-state index contributed by atoms with van der Waals surface area (Å²) in [4.78, 5) is 55.5. The second-order valence-electron chi connectivity index (χ2n) is 7.50. The molecule has 176 valence electrons. The lowest BCUT2D eigenvalue weighted by atomic mass is 10.00. The highest BCUT2D eigenvalue weighted by atomic mass is 17.5. The average Bonchev–Trinajstić information content (AvgIpc) is 2.74. The fourth-order valence-corrected chi connectivity index (χ4v) is 2.85. The van der Waals surface area contributed by atoms with Gasteiger partial charge in [-0.1, -0.05) is 73.1 Å². The van der Waals surface area contributed by atoms with Crippen molar-refractivity contribution in [2.45, 2.75) is 111 Å². The predicted octanol–water partition coefficient (Wildman–Crippen LogP) is 5.39. The molecule has 0 saturated carbocycles. The van der Waals surface area contributed by atoms with Gasteiger partial charge in [0.1, 0.15) is 0 Å². The van der Waals surface area contributed by atoms with Gasteiger partial charge >= 0.3 is 17.9 Å². The fraction of sp³-hybridized carbons (Fsp3) is 0.864. The molecule has 0 aromatic carbocycles. The number of rotatable bonds is 18. The Bertz CT molecular complexity index is 480. The van der Waals surface area contributed by atoms with Gasteiger partial charge < -0.3 is 0 Å². The Kier molecular flexibility index (Phi) is 17.1. The maximum absolute atomic E-state index is 12.2. The third-order valence-corrected chi connectivity index (χ3v) is 5.03. The molecule has 3 atom stereocenters. The van der Waals surface area contributed by atoms with E-state index in [1.165, 1.54) is 0 Å². The van der Waals surface area contributed by atoms with Crippen LogP contribution in [-0.4, -0.2) is 24.0 Å². The molecule has 0 N–H and O–H groups in total. The zero-order valence-electron chi connectivity index (χ0n) is 19.3. The molecule has 0 bridgehead atoms. The Hall–Kier alpha value is -1.67. The summed E-state index contributed by atoms with van der Waals surface area (Å²) in [7, 11) is 0. The second kappa shape index (κ2) is 18.1. The van der Waals surface area contributed by atoms with Crippen LogP contribution in [0.2, 0.25) is 0 Å². The van der Waals surface area contributed by atoms with E-state index in [1.54, 1.807) is 0 Å². The maximum Gasteiger partial charge on any atom is 0.379 e. The van der Waals surface area contributed by atoms with Gasteiger partial charge in [0.25, 0.3) is 0 Å². The lowest BCUT2D eigenvalue weighted by Crippen LogP contribution is -2.30. The molecule has 0 rings (SSSR count). The molecule has 0 aromatic heterocycles. The molecule has 30 heavy (non-hydrogen) atoms. The van der Waals surface area contributed by atoms with Crippen molar-refractivity contribution in [3.8, 4) is 0 Å². The first-order valence-corrected chi connectivity index (χ1v) is 11.4. The van der Waals surface area contributed by atoms with E-state index in [1.807, 2.05) is 34.6 Å². The molecular formula is C22H40O8. The van der Waals surface area contributed by atoms with Crippen molar-refractivity contribution in [2.75, 3.05) is 0 Å². The molecule has 0 fully saturated rings. The topological polar surface area (TPSA) is 97.4 Å². The molecule has 0 spiro atoms. The molecule has 0 aliphatic heterocycles. The Morgan fingerprint density at radius 1 is 0.600 bits per heavy atom. The lowest BCUT2D eigenvalue weighted by molar-refractivity contribution is -0.465. The first kappa shape index (κ1) is 28.3. The zero-order chi connectivity index (χ0) is 22.8. The van der Waals surface area contributed by atoms with E-state index in [0.717, 1.165) is 32.1 Å². The van der Waals surface area contributed by atoms with Crippen molar-refractivity contribution in [3.05, 3.63) is 0 Å². The molecule has 0 amide bonds. The summed E-state index contributed by atoms with van der Waals surface area (Å²) >= 11 is 0. The minimum absolute atomic E-state index is 0.278. The van der Waals surface area contributed by atoms with Crippen molar-refractivity contribution in [1.29, 1.82) is 0 Å². The summed E-state index contributed by atoms with van der Waals surface area (Å²) < 4.78 is 0. The van der Waals surface area contributed by atoms with Crippen LogP contribution in [0.15, 0.2) is 0 Å². The van der Waals surface area contributed by atoms with E-state index in [0.29, 0.717) is 32.1 Å². The van der Waals surface area contributed by atoms with Gasteiger partial charge in [-0.25, -0.2) is 14.4 Å². The van der Waals surface area contributed by atoms with Gasteiger partial charge in [-0.2, -0.15) is 4.89 Å². The molecular weight excluding hydrogens is 392 g/mol. The van der Waals surface area contributed by atoms with Crippen molar-refractivity contribution >= 4 is 17.9 Å². The Morgan fingerprint density at radius 2 is 1.03 bits per heavy atom. The van der Waals surface area contributed by atoms with E-state index in [-0.39, 0.29) is 18.3 Å². The van der Waals surface area contributed by atoms with Crippen LogP contribution < -0.4 is 0 Å². The SMILES string of the molecule is CCCCC(CC)C(=O)OOOC(=O)C(CCCC)OOC(=O)C(CC)CCCC. The monoisotopic (exact) mass is 432 g/mol. The highest BCUT2D eigenvalue weighted by Gasteiger charge is 2.28. The molecule has 0 aromatic rings. The van der Waals surface area contributed by atoms with E-state index in [9.17, 15) is 14.4 Å². The lowest BCUT2D eigenvalue weighted by Gasteiger charge is -2.16. The summed E-state index contributed by atoms with van der Waals surface area (Å²) in [6.45, 7) is 9.81. The van der Waals surface area contributed by atoms with Crippen molar-refractivity contribution in [2.24, 2.45) is 11.8 Å². The third kappa shape index (κ3) is 12.1. The van der Waals surface area contributed by atoms with Gasteiger partial charge in [0, 0.05) is 5.04 Å². The Morgan fingerprint density at radius 3 is 1.50 bits per heavy atom. The molecule has 8 heteroatoms. The predicted molar refractivity (Wildman–Crippen MR) is 110 cm³/mol. The molecule has 0 heterocycles. The summed E-state index contributed by atoms with van der Waals surface area (Å²) in [6.07, 6.45) is 6.93. The van der Waals surface area contributed by atoms with E-state index in [2.05, 4.69) is 14.8 Å². The van der Waals surface area contributed by atoms with Crippen LogP contribution in [0.3, 0.4) is 0 Å². The maximum atomic E-state index is 12.2. The number of hydrogen-bond acceptors (Lipinski definition) is 8. The molecule has 0 aliphatic carbocycles. The van der Waals surface area contributed by atoms with Crippen molar-refractivity contribution in [1.82, 2.24) is 0 Å². The van der Waals surface area contributed by atoms with E-state index < -0.39 is 24.0 Å². The molecule has 8 nitrogen and oxygen atoms in total. The number of carbonyl (C=O) groups is 3. The van der Waals surface area contributed by atoms with Gasteiger partial charge in [0.2, 0.25) is 6.10 Å². The fourth-order valence-electron chi connectivity index (χ4n) is 2.85. The van der Waals surface area contributed by atoms with Gasteiger partial charge in [-0.15, -0.1) is 0 Å². The largest absolute Gasteiger partial charge is 0.379 e. The van der Waals surface area contributed by atoms with Gasteiger partial charge in [-0.05, 0) is 32.1 Å². The van der Waals surface area contributed by atoms with Crippen LogP contribution in [0.1, 0.15) is 105 Å². The van der Waals surface area contributed by atoms with Crippen molar-refractivity contribution < 1.29 is 39.0 Å². The summed E-state index contributed by atoms with van der Waals surface area (Å²) in [5, 5.41) is 4.39. The average molecular weight is 433 g/mol. The zero-order valence-corrected chi connectivity index (χ0v) is 19.3. The number of carbonyl (C=O) groups excluding carboxylic acids is 3. The van der Waals surface area contributed by atoms with Gasteiger partial charge in [-0.3, -0.25) is 14.7 Å². The Balaban J connectivity index is 4.58. The first-order chi connectivity index (χ1) is 14.4. The minimum Gasteiger partial charge on any atom is -0.297 e. The van der Waals surface area contributed by atoms with E-state index in [4.69, 9.17) is 9.78 Å². The normalized spacial score (nSPS) is 13.9. The molecule has 0 aliphatic rings. The second-order valence-corrected chi connectivity index (χ2v) is 7.50. The van der Waals surface area contributed by atoms with Crippen molar-refractivity contribution in [3.63, 3.8) is 0 Å². The van der Waals surface area contributed by atoms with Gasteiger partial charge in [0.05, 0.1) is 11.8 Å². The van der Waals surface area contributed by atoms with Crippen LogP contribution in [0, 0.1) is 11.8 Å². The van der Waals surface area contributed by atoms with Crippen LogP contribution >= 0.6 is 0 Å². The van der Waals surface area contributed by atoms with Crippen LogP contribution in [-0.2, 0) is 39.0 Å². The molecule has 3 unspecified atom stereocenters. The number of hydrogen-bond donors (Lipinski definition) is 0. The molecule has 0 radical (unpaired) electrons. The number of unbranched alkanes of at least 4 members (excludes halogenated alkanes) is 3. The third-order valence-electron chi connectivity index (χ3n) is 5.03. The Labute approximate surface area is 180 Å². The summed E-state index contributed by atoms with van der Waals surface area (Å²) in [5.74, 6) is -2.61.